The molecule has 2 saturated carbocycles. The molecule has 0 amide bonds. The molecule has 2 fully saturated rings. The Morgan fingerprint density at radius 2 is 1.71 bits per heavy atom. The van der Waals surface area contributed by atoms with Crippen LogP contribution in [-0.4, -0.2) is 10.9 Å². The summed E-state index contributed by atoms with van der Waals surface area (Å²) in [6.07, 6.45) is 12.1. The lowest BCUT2D eigenvalue weighted by Gasteiger charge is -2.50. The largest absolute Gasteiger partial charge is 0.392 e. The van der Waals surface area contributed by atoms with Crippen molar-refractivity contribution < 1.29 is 9.90 Å². The van der Waals surface area contributed by atoms with Crippen molar-refractivity contribution in [2.24, 2.45) is 23.2 Å². The SMILES string of the molecule is CC.CC.CC12CCC3c4ccc(CO)cc4CCC3C1CCC2/C=C/C(=O)Cc1ccccc1. The van der Waals surface area contributed by atoms with Crippen molar-refractivity contribution in [1.29, 1.82) is 0 Å². The van der Waals surface area contributed by atoms with Gasteiger partial charge in [0.25, 0.3) is 0 Å². The first-order valence-electron chi connectivity index (χ1n) is 14.1. The Balaban J connectivity index is 0.000000815. The number of hydrogen-bond acceptors (Lipinski definition) is 2. The third-order valence-electron chi connectivity index (χ3n) is 8.78. The van der Waals surface area contributed by atoms with E-state index in [-0.39, 0.29) is 12.4 Å². The molecule has 0 heterocycles. The minimum atomic E-state index is 0.138. The van der Waals surface area contributed by atoms with Crippen molar-refractivity contribution in [2.75, 3.05) is 0 Å². The van der Waals surface area contributed by atoms with Crippen molar-refractivity contribution in [3.63, 3.8) is 0 Å². The van der Waals surface area contributed by atoms with Gasteiger partial charge in [-0.2, -0.15) is 0 Å². The van der Waals surface area contributed by atoms with Crippen LogP contribution < -0.4 is 0 Å². The van der Waals surface area contributed by atoms with Gasteiger partial charge in [0.2, 0.25) is 0 Å². The maximum atomic E-state index is 12.5. The summed E-state index contributed by atoms with van der Waals surface area (Å²) in [5, 5.41) is 9.50. The Bertz CT molecular complexity index is 976. The van der Waals surface area contributed by atoms with Gasteiger partial charge in [-0.3, -0.25) is 4.79 Å². The van der Waals surface area contributed by atoms with Gasteiger partial charge in [-0.25, -0.2) is 0 Å². The number of benzene rings is 2. The summed E-state index contributed by atoms with van der Waals surface area (Å²) in [4.78, 5) is 12.5. The Morgan fingerprint density at radius 1 is 0.971 bits per heavy atom. The molecule has 2 heteroatoms. The van der Waals surface area contributed by atoms with Crippen molar-refractivity contribution in [3.8, 4) is 0 Å². The van der Waals surface area contributed by atoms with E-state index in [1.165, 1.54) is 37.7 Å². The highest BCUT2D eigenvalue weighted by Crippen LogP contribution is 2.63. The predicted octanol–water partition coefficient (Wildman–Crippen LogP) is 8.07. The number of ketones is 1. The number of aryl methyl sites for hydroxylation is 1. The molecule has 190 valence electrons. The van der Waals surface area contributed by atoms with E-state index in [2.05, 4.69) is 31.2 Å². The first-order valence-corrected chi connectivity index (χ1v) is 14.1. The van der Waals surface area contributed by atoms with Crippen molar-refractivity contribution in [1.82, 2.24) is 0 Å². The lowest BCUT2D eigenvalue weighted by atomic mass is 9.54. The van der Waals surface area contributed by atoms with Crippen LogP contribution in [0.25, 0.3) is 0 Å². The number of aliphatic hydroxyl groups is 1. The highest BCUT2D eigenvalue weighted by molar-refractivity contribution is 5.91. The van der Waals surface area contributed by atoms with Crippen LogP contribution in [0.3, 0.4) is 0 Å². The van der Waals surface area contributed by atoms with Crippen LogP contribution >= 0.6 is 0 Å². The zero-order valence-electron chi connectivity index (χ0n) is 22.6. The molecular formula is C33H46O2. The third-order valence-corrected chi connectivity index (χ3v) is 8.78. The molecule has 35 heavy (non-hydrogen) atoms. The van der Waals surface area contributed by atoms with Crippen molar-refractivity contribution in [3.05, 3.63) is 82.9 Å². The summed E-state index contributed by atoms with van der Waals surface area (Å²) in [6.45, 7) is 10.6. The second-order valence-corrected chi connectivity index (χ2v) is 10.3. The molecule has 0 spiro atoms. The molecule has 2 aromatic carbocycles. The molecule has 2 aromatic rings. The number of fused-ring (bicyclic) bond motifs is 5. The lowest BCUT2D eigenvalue weighted by Crippen LogP contribution is -2.42. The number of carbonyl (C=O) groups is 1. The molecule has 0 aliphatic heterocycles. The van der Waals surface area contributed by atoms with Crippen LogP contribution in [0.15, 0.2) is 60.7 Å². The summed E-state index contributed by atoms with van der Waals surface area (Å²) in [7, 11) is 0. The monoisotopic (exact) mass is 474 g/mol. The highest BCUT2D eigenvalue weighted by Gasteiger charge is 2.53. The number of carbonyl (C=O) groups excluding carboxylic acids is 1. The summed E-state index contributed by atoms with van der Waals surface area (Å²) in [6, 6.07) is 16.7. The van der Waals surface area contributed by atoms with E-state index in [0.29, 0.717) is 23.7 Å². The van der Waals surface area contributed by atoms with Gasteiger partial charge in [-0.1, -0.05) is 89.2 Å². The standard InChI is InChI=1S/C29H34O2.2C2H6/c1-29-16-15-26-25-12-7-21(19-30)17-22(25)8-13-27(26)28(29)14-10-23(29)9-11-24(31)18-20-5-3-2-4-6-20;2*1-2/h2-7,9,11-12,17,23,26-28,30H,8,10,13-16,18-19H2,1H3;2*1-2H3/b11-9+;;. The maximum Gasteiger partial charge on any atom is 0.159 e. The van der Waals surface area contributed by atoms with Crippen LogP contribution in [0.2, 0.25) is 0 Å². The fraction of sp³-hybridized carbons (Fsp3) is 0.545. The van der Waals surface area contributed by atoms with Crippen LogP contribution in [0.4, 0.5) is 0 Å². The summed E-state index contributed by atoms with van der Waals surface area (Å²) in [5.74, 6) is 2.95. The summed E-state index contributed by atoms with van der Waals surface area (Å²) < 4.78 is 0. The van der Waals surface area contributed by atoms with Gasteiger partial charge in [-0.05, 0) is 95.9 Å². The Labute approximate surface area is 213 Å². The third kappa shape index (κ3) is 5.80. The number of aliphatic hydroxyl groups excluding tert-OH is 1. The zero-order valence-corrected chi connectivity index (χ0v) is 22.6. The average Bonchev–Trinajstić information content (AvgIpc) is 3.26. The molecule has 0 aromatic heterocycles. The minimum absolute atomic E-state index is 0.138. The Morgan fingerprint density at radius 3 is 2.43 bits per heavy atom. The second-order valence-electron chi connectivity index (χ2n) is 10.3. The van der Waals surface area contributed by atoms with Gasteiger partial charge in [0.15, 0.2) is 5.78 Å². The van der Waals surface area contributed by atoms with Crippen molar-refractivity contribution in [2.45, 2.75) is 92.1 Å². The van der Waals surface area contributed by atoms with Gasteiger partial charge in [0.1, 0.15) is 0 Å². The molecule has 3 aliphatic carbocycles. The number of rotatable bonds is 5. The molecule has 5 unspecified atom stereocenters. The lowest BCUT2D eigenvalue weighted by molar-refractivity contribution is -0.114. The van der Waals surface area contributed by atoms with Crippen LogP contribution in [0, 0.1) is 23.2 Å². The fourth-order valence-electron chi connectivity index (χ4n) is 7.17. The van der Waals surface area contributed by atoms with E-state index in [4.69, 9.17) is 0 Å². The fourth-order valence-corrected chi connectivity index (χ4v) is 7.17. The molecule has 5 atom stereocenters. The molecule has 0 radical (unpaired) electrons. The normalized spacial score (nSPS) is 28.5. The van der Waals surface area contributed by atoms with E-state index in [1.807, 2.05) is 64.1 Å². The van der Waals surface area contributed by atoms with Gasteiger partial charge in [-0.15, -0.1) is 0 Å². The van der Waals surface area contributed by atoms with E-state index >= 15 is 0 Å². The van der Waals surface area contributed by atoms with Crippen LogP contribution in [0.5, 0.6) is 0 Å². The maximum absolute atomic E-state index is 12.5. The Kier molecular flexibility index (Phi) is 9.92. The van der Waals surface area contributed by atoms with Gasteiger partial charge < -0.3 is 5.11 Å². The van der Waals surface area contributed by atoms with E-state index < -0.39 is 0 Å². The van der Waals surface area contributed by atoms with Gasteiger partial charge in [0, 0.05) is 6.42 Å². The van der Waals surface area contributed by atoms with E-state index in [1.54, 1.807) is 5.56 Å². The van der Waals surface area contributed by atoms with Crippen molar-refractivity contribution >= 4 is 5.78 Å². The summed E-state index contributed by atoms with van der Waals surface area (Å²) in [5.41, 5.74) is 5.49. The molecule has 3 aliphatic rings. The van der Waals surface area contributed by atoms with E-state index in [9.17, 15) is 9.90 Å². The smallest absolute Gasteiger partial charge is 0.159 e. The average molecular weight is 475 g/mol. The first-order chi connectivity index (χ1) is 17.1. The van der Waals surface area contributed by atoms with E-state index in [0.717, 1.165) is 29.4 Å². The van der Waals surface area contributed by atoms with Crippen LogP contribution in [0.1, 0.15) is 94.9 Å². The molecular weight excluding hydrogens is 428 g/mol. The predicted molar refractivity (Wildman–Crippen MR) is 147 cm³/mol. The molecule has 1 N–H and O–H groups in total. The highest BCUT2D eigenvalue weighted by atomic mass is 16.3. The minimum Gasteiger partial charge on any atom is -0.392 e. The quantitative estimate of drug-likeness (QED) is 0.445. The summed E-state index contributed by atoms with van der Waals surface area (Å²) >= 11 is 0. The topological polar surface area (TPSA) is 37.3 Å². The second kappa shape index (κ2) is 12.7. The van der Waals surface area contributed by atoms with Gasteiger partial charge in [0.05, 0.1) is 6.61 Å². The van der Waals surface area contributed by atoms with Crippen LogP contribution in [-0.2, 0) is 24.2 Å². The molecule has 2 nitrogen and oxygen atoms in total. The molecule has 0 bridgehead atoms. The van der Waals surface area contributed by atoms with Gasteiger partial charge >= 0.3 is 0 Å². The Hall–Kier alpha value is -2.19. The first kappa shape index (κ1) is 27.4. The number of allylic oxidation sites excluding steroid dienone is 2. The molecule has 5 rings (SSSR count). The number of hydrogen-bond donors (Lipinski definition) is 1. The zero-order chi connectivity index (χ0) is 25.4. The molecule has 0 saturated heterocycles.